The first-order valence-electron chi connectivity index (χ1n) is 5.15. The summed E-state index contributed by atoms with van der Waals surface area (Å²) in [5, 5.41) is 21.8. The Balaban J connectivity index is 2.31. The number of hydrogen-bond donors (Lipinski definition) is 4. The highest BCUT2D eigenvalue weighted by Crippen LogP contribution is 2.22. The highest BCUT2D eigenvalue weighted by Gasteiger charge is 2.00. The summed E-state index contributed by atoms with van der Waals surface area (Å²) in [5.74, 6) is 0.209. The van der Waals surface area contributed by atoms with E-state index in [2.05, 4.69) is 5.32 Å². The van der Waals surface area contributed by atoms with Gasteiger partial charge >= 0.3 is 0 Å². The molecule has 0 aromatic heterocycles. The minimum Gasteiger partial charge on any atom is -0.508 e. The van der Waals surface area contributed by atoms with E-state index in [-0.39, 0.29) is 11.5 Å². The minimum atomic E-state index is 0.0828. The molecule has 1 aromatic rings. The van der Waals surface area contributed by atoms with Crippen molar-refractivity contribution in [1.29, 1.82) is 0 Å². The molecular weight excluding hydrogens is 192 g/mol. The number of unbranched alkanes of at least 4 members (excludes halogenated alkanes) is 1. The molecule has 1 rings (SSSR count). The van der Waals surface area contributed by atoms with E-state index in [9.17, 15) is 5.11 Å². The van der Waals surface area contributed by atoms with Crippen LogP contribution in [-0.4, -0.2) is 23.3 Å². The van der Waals surface area contributed by atoms with Gasteiger partial charge in [0.1, 0.15) is 11.5 Å². The standard InChI is InChI=1S/C11H18N2O2/c12-5-1-2-6-13-8-9-3-4-10(14)7-11(9)15/h3-4,7,13-15H,1-2,5-6,8,12H2. The van der Waals surface area contributed by atoms with E-state index in [1.807, 2.05) is 0 Å². The van der Waals surface area contributed by atoms with Gasteiger partial charge in [-0.2, -0.15) is 0 Å². The lowest BCUT2D eigenvalue weighted by Gasteiger charge is -2.06. The van der Waals surface area contributed by atoms with E-state index < -0.39 is 0 Å². The summed E-state index contributed by atoms with van der Waals surface area (Å²) >= 11 is 0. The molecule has 0 heterocycles. The minimum absolute atomic E-state index is 0.0828. The van der Waals surface area contributed by atoms with Crippen LogP contribution in [0.4, 0.5) is 0 Å². The maximum Gasteiger partial charge on any atom is 0.123 e. The molecular formula is C11H18N2O2. The van der Waals surface area contributed by atoms with Gasteiger partial charge in [-0.1, -0.05) is 6.07 Å². The lowest BCUT2D eigenvalue weighted by Crippen LogP contribution is -2.15. The number of phenolic OH excluding ortho intramolecular Hbond substituents is 2. The fourth-order valence-corrected chi connectivity index (χ4v) is 1.32. The molecule has 0 atom stereocenters. The van der Waals surface area contributed by atoms with E-state index in [0.29, 0.717) is 13.1 Å². The Kier molecular flexibility index (Phi) is 4.93. The highest BCUT2D eigenvalue weighted by atomic mass is 16.3. The van der Waals surface area contributed by atoms with Crippen molar-refractivity contribution in [2.75, 3.05) is 13.1 Å². The van der Waals surface area contributed by atoms with Crippen molar-refractivity contribution in [2.24, 2.45) is 5.73 Å². The van der Waals surface area contributed by atoms with Crippen LogP contribution in [0, 0.1) is 0 Å². The van der Waals surface area contributed by atoms with Crippen molar-refractivity contribution in [2.45, 2.75) is 19.4 Å². The molecule has 84 valence electrons. The van der Waals surface area contributed by atoms with Gasteiger partial charge in [0.2, 0.25) is 0 Å². The van der Waals surface area contributed by atoms with Crippen LogP contribution in [-0.2, 0) is 6.54 Å². The van der Waals surface area contributed by atoms with Gasteiger partial charge in [-0.05, 0) is 32.0 Å². The SMILES string of the molecule is NCCCCNCc1ccc(O)cc1O. The molecule has 0 bridgehead atoms. The molecule has 0 radical (unpaired) electrons. The van der Waals surface area contributed by atoms with Gasteiger partial charge in [0.25, 0.3) is 0 Å². The van der Waals surface area contributed by atoms with E-state index >= 15 is 0 Å². The zero-order valence-electron chi connectivity index (χ0n) is 8.74. The van der Waals surface area contributed by atoms with Gasteiger partial charge in [-0.3, -0.25) is 0 Å². The lowest BCUT2D eigenvalue weighted by molar-refractivity contribution is 0.443. The van der Waals surface area contributed by atoms with Gasteiger partial charge < -0.3 is 21.3 Å². The molecule has 5 N–H and O–H groups in total. The molecule has 4 nitrogen and oxygen atoms in total. The second-order valence-corrected chi connectivity index (χ2v) is 3.49. The van der Waals surface area contributed by atoms with Crippen LogP contribution in [0.25, 0.3) is 0 Å². The third kappa shape index (κ3) is 4.18. The molecule has 0 saturated carbocycles. The first-order chi connectivity index (χ1) is 7.24. The number of nitrogens with one attached hydrogen (secondary N) is 1. The van der Waals surface area contributed by atoms with Crippen LogP contribution in [0.5, 0.6) is 11.5 Å². The molecule has 0 aliphatic heterocycles. The summed E-state index contributed by atoms with van der Waals surface area (Å²) in [6.07, 6.45) is 2.05. The number of aromatic hydroxyl groups is 2. The van der Waals surface area contributed by atoms with Gasteiger partial charge in [-0.25, -0.2) is 0 Å². The Morgan fingerprint density at radius 2 is 2.00 bits per heavy atom. The van der Waals surface area contributed by atoms with E-state index in [1.165, 1.54) is 6.07 Å². The molecule has 0 unspecified atom stereocenters. The largest absolute Gasteiger partial charge is 0.508 e. The monoisotopic (exact) mass is 210 g/mol. The second-order valence-electron chi connectivity index (χ2n) is 3.49. The van der Waals surface area contributed by atoms with Crippen LogP contribution in [0.2, 0.25) is 0 Å². The highest BCUT2D eigenvalue weighted by molar-refractivity contribution is 5.38. The lowest BCUT2D eigenvalue weighted by atomic mass is 10.2. The first kappa shape index (κ1) is 11.8. The number of rotatable bonds is 6. The van der Waals surface area contributed by atoms with Crippen molar-refractivity contribution < 1.29 is 10.2 Å². The second kappa shape index (κ2) is 6.27. The fourth-order valence-electron chi connectivity index (χ4n) is 1.32. The number of phenols is 2. The van der Waals surface area contributed by atoms with Crippen molar-refractivity contribution in [3.05, 3.63) is 23.8 Å². The summed E-state index contributed by atoms with van der Waals surface area (Å²) in [7, 11) is 0. The van der Waals surface area contributed by atoms with Gasteiger partial charge in [0.15, 0.2) is 0 Å². The average molecular weight is 210 g/mol. The number of hydrogen-bond acceptors (Lipinski definition) is 4. The quantitative estimate of drug-likeness (QED) is 0.527. The summed E-state index contributed by atoms with van der Waals surface area (Å²) in [5.41, 5.74) is 6.16. The predicted octanol–water partition coefficient (Wildman–Crippen LogP) is 0.926. The van der Waals surface area contributed by atoms with E-state index in [4.69, 9.17) is 10.8 Å². The molecule has 0 amide bonds. The smallest absolute Gasteiger partial charge is 0.123 e. The predicted molar refractivity (Wildman–Crippen MR) is 59.8 cm³/mol. The summed E-state index contributed by atoms with van der Waals surface area (Å²) in [4.78, 5) is 0. The van der Waals surface area contributed by atoms with Crippen molar-refractivity contribution in [3.63, 3.8) is 0 Å². The normalized spacial score (nSPS) is 10.5. The Bertz CT molecular complexity index is 303. The third-order valence-corrected chi connectivity index (χ3v) is 2.19. The van der Waals surface area contributed by atoms with Gasteiger partial charge in [0, 0.05) is 18.2 Å². The van der Waals surface area contributed by atoms with Crippen LogP contribution < -0.4 is 11.1 Å². The maximum absolute atomic E-state index is 9.47. The van der Waals surface area contributed by atoms with Crippen molar-refractivity contribution in [1.82, 2.24) is 5.32 Å². The zero-order valence-corrected chi connectivity index (χ0v) is 8.74. The van der Waals surface area contributed by atoms with E-state index in [0.717, 1.165) is 24.9 Å². The molecule has 0 spiro atoms. The number of nitrogens with two attached hydrogens (primary N) is 1. The molecule has 0 aliphatic rings. The van der Waals surface area contributed by atoms with Crippen molar-refractivity contribution in [3.8, 4) is 11.5 Å². The van der Waals surface area contributed by atoms with Crippen LogP contribution in [0.15, 0.2) is 18.2 Å². The molecule has 0 saturated heterocycles. The van der Waals surface area contributed by atoms with Crippen LogP contribution >= 0.6 is 0 Å². The molecule has 0 fully saturated rings. The number of benzene rings is 1. The fraction of sp³-hybridized carbons (Fsp3) is 0.455. The summed E-state index contributed by atoms with van der Waals surface area (Å²) in [6.45, 7) is 2.21. The van der Waals surface area contributed by atoms with Crippen LogP contribution in [0.1, 0.15) is 18.4 Å². The molecule has 4 heteroatoms. The van der Waals surface area contributed by atoms with Gasteiger partial charge in [-0.15, -0.1) is 0 Å². The molecule has 0 aliphatic carbocycles. The Morgan fingerprint density at radius 1 is 1.20 bits per heavy atom. The molecule has 15 heavy (non-hydrogen) atoms. The average Bonchev–Trinajstić information content (AvgIpc) is 2.20. The summed E-state index contributed by atoms with van der Waals surface area (Å²) < 4.78 is 0. The van der Waals surface area contributed by atoms with Gasteiger partial charge in [0.05, 0.1) is 0 Å². The zero-order chi connectivity index (χ0) is 11.1. The van der Waals surface area contributed by atoms with Crippen LogP contribution in [0.3, 0.4) is 0 Å². The summed E-state index contributed by atoms with van der Waals surface area (Å²) in [6, 6.07) is 4.62. The maximum atomic E-state index is 9.47. The van der Waals surface area contributed by atoms with Crippen molar-refractivity contribution >= 4 is 0 Å². The molecule has 1 aromatic carbocycles. The third-order valence-electron chi connectivity index (χ3n) is 2.19. The Hall–Kier alpha value is -1.26. The van der Waals surface area contributed by atoms with E-state index in [1.54, 1.807) is 12.1 Å². The Morgan fingerprint density at radius 3 is 2.67 bits per heavy atom. The Labute approximate surface area is 89.7 Å². The topological polar surface area (TPSA) is 78.5 Å². The first-order valence-corrected chi connectivity index (χ1v) is 5.15.